The van der Waals surface area contributed by atoms with Gasteiger partial charge in [0.2, 0.25) is 0 Å². The molecule has 4 heteroatoms. The topological polar surface area (TPSA) is 72.8 Å². The standard InChI is InChI=1S/C6H8N4/c7-4-3-10(8)5-1-2-9-6(4)5/h1-3,9H,7-8H2. The monoisotopic (exact) mass is 136 g/mol. The van der Waals surface area contributed by atoms with Crippen LogP contribution in [0.2, 0.25) is 0 Å². The average Bonchev–Trinajstić information content (AvgIpc) is 2.39. The lowest BCUT2D eigenvalue weighted by molar-refractivity contribution is 1.07. The Bertz CT molecular complexity index is 325. The van der Waals surface area contributed by atoms with E-state index < -0.39 is 0 Å². The number of hydrogen-bond acceptors (Lipinski definition) is 2. The summed E-state index contributed by atoms with van der Waals surface area (Å²) in [6.07, 6.45) is 3.49. The maximum Gasteiger partial charge on any atom is 0.0890 e. The zero-order valence-electron chi connectivity index (χ0n) is 5.33. The summed E-state index contributed by atoms with van der Waals surface area (Å²) < 4.78 is 1.50. The SMILES string of the molecule is Nc1cn(N)c2cc[nH]c12. The fourth-order valence-corrected chi connectivity index (χ4v) is 1.09. The number of anilines is 1. The Labute approximate surface area is 57.4 Å². The molecular weight excluding hydrogens is 128 g/mol. The zero-order valence-corrected chi connectivity index (χ0v) is 5.33. The molecule has 2 aromatic rings. The number of rotatable bonds is 0. The van der Waals surface area contributed by atoms with Gasteiger partial charge in [-0.3, -0.25) is 4.68 Å². The molecule has 0 saturated heterocycles. The van der Waals surface area contributed by atoms with Crippen LogP contribution in [-0.2, 0) is 0 Å². The molecule has 0 fully saturated rings. The van der Waals surface area contributed by atoms with Crippen LogP contribution in [0.25, 0.3) is 11.0 Å². The number of H-pyrrole nitrogens is 1. The Morgan fingerprint density at radius 3 is 3.00 bits per heavy atom. The summed E-state index contributed by atoms with van der Waals surface area (Å²) in [5.41, 5.74) is 8.11. The van der Waals surface area contributed by atoms with Crippen LogP contribution in [-0.4, -0.2) is 9.66 Å². The van der Waals surface area contributed by atoms with E-state index in [9.17, 15) is 0 Å². The van der Waals surface area contributed by atoms with Crippen molar-refractivity contribution in [3.63, 3.8) is 0 Å². The van der Waals surface area contributed by atoms with Gasteiger partial charge in [0.05, 0.1) is 22.9 Å². The van der Waals surface area contributed by atoms with Crippen LogP contribution in [0.3, 0.4) is 0 Å². The van der Waals surface area contributed by atoms with Gasteiger partial charge in [-0.05, 0) is 6.07 Å². The quantitative estimate of drug-likeness (QED) is 0.455. The van der Waals surface area contributed by atoms with Crippen LogP contribution < -0.4 is 11.6 Å². The van der Waals surface area contributed by atoms with E-state index in [2.05, 4.69) is 4.98 Å². The fraction of sp³-hybridized carbons (Fsp3) is 0. The molecule has 0 aliphatic carbocycles. The van der Waals surface area contributed by atoms with Gasteiger partial charge in [0.15, 0.2) is 0 Å². The van der Waals surface area contributed by atoms with Gasteiger partial charge >= 0.3 is 0 Å². The third-order valence-electron chi connectivity index (χ3n) is 1.57. The van der Waals surface area contributed by atoms with Crippen LogP contribution in [0.5, 0.6) is 0 Å². The first-order valence-electron chi connectivity index (χ1n) is 2.98. The van der Waals surface area contributed by atoms with E-state index in [-0.39, 0.29) is 0 Å². The van der Waals surface area contributed by atoms with Crippen LogP contribution >= 0.6 is 0 Å². The summed E-state index contributed by atoms with van der Waals surface area (Å²) in [5, 5.41) is 0. The van der Waals surface area contributed by atoms with Crippen molar-refractivity contribution in [2.75, 3.05) is 11.6 Å². The van der Waals surface area contributed by atoms with Crippen molar-refractivity contribution in [3.05, 3.63) is 18.5 Å². The van der Waals surface area contributed by atoms with Gasteiger partial charge in [0, 0.05) is 6.20 Å². The molecule has 0 atom stereocenters. The molecular formula is C6H8N4. The average molecular weight is 136 g/mol. The van der Waals surface area contributed by atoms with Gasteiger partial charge in [-0.2, -0.15) is 0 Å². The Hall–Kier alpha value is -1.58. The van der Waals surface area contributed by atoms with Gasteiger partial charge in [-0.15, -0.1) is 0 Å². The summed E-state index contributed by atoms with van der Waals surface area (Å²) in [6, 6.07) is 1.88. The van der Waals surface area contributed by atoms with E-state index in [1.807, 2.05) is 12.3 Å². The molecule has 0 aromatic carbocycles. The molecule has 0 radical (unpaired) electrons. The number of aromatic nitrogens is 2. The first-order chi connectivity index (χ1) is 4.79. The molecule has 0 unspecified atom stereocenters. The van der Waals surface area contributed by atoms with Gasteiger partial charge < -0.3 is 16.6 Å². The summed E-state index contributed by atoms with van der Waals surface area (Å²) >= 11 is 0. The number of nitrogens with two attached hydrogens (primary N) is 2. The number of nitrogens with zero attached hydrogens (tertiary/aromatic N) is 1. The maximum atomic E-state index is 5.59. The van der Waals surface area contributed by atoms with Crippen molar-refractivity contribution in [3.8, 4) is 0 Å². The molecule has 2 rings (SSSR count). The lowest BCUT2D eigenvalue weighted by atomic mass is 10.4. The van der Waals surface area contributed by atoms with Crippen molar-refractivity contribution < 1.29 is 0 Å². The minimum absolute atomic E-state index is 0.683. The number of fused-ring (bicyclic) bond motifs is 1. The zero-order chi connectivity index (χ0) is 7.14. The lowest BCUT2D eigenvalue weighted by Crippen LogP contribution is -2.04. The summed E-state index contributed by atoms with van der Waals surface area (Å²) in [6.45, 7) is 0. The molecule has 52 valence electrons. The second kappa shape index (κ2) is 1.47. The number of hydrogen-bond donors (Lipinski definition) is 3. The van der Waals surface area contributed by atoms with Crippen molar-refractivity contribution in [1.82, 2.24) is 9.66 Å². The smallest absolute Gasteiger partial charge is 0.0890 e. The van der Waals surface area contributed by atoms with E-state index in [1.165, 1.54) is 4.68 Å². The molecule has 0 aliphatic heterocycles. The summed E-state index contributed by atoms with van der Waals surface area (Å²) in [5.74, 6) is 5.54. The number of aromatic amines is 1. The molecule has 0 amide bonds. The Balaban J connectivity index is 2.98. The minimum Gasteiger partial charge on any atom is -0.396 e. The van der Waals surface area contributed by atoms with Crippen molar-refractivity contribution in [1.29, 1.82) is 0 Å². The van der Waals surface area contributed by atoms with Gasteiger partial charge in [0.1, 0.15) is 0 Å². The molecule has 4 nitrogen and oxygen atoms in total. The minimum atomic E-state index is 0.683. The highest BCUT2D eigenvalue weighted by atomic mass is 15.3. The van der Waals surface area contributed by atoms with E-state index >= 15 is 0 Å². The molecule has 0 saturated carbocycles. The highest BCUT2D eigenvalue weighted by Crippen LogP contribution is 2.18. The normalized spacial score (nSPS) is 10.8. The van der Waals surface area contributed by atoms with Crippen LogP contribution in [0.1, 0.15) is 0 Å². The molecule has 0 spiro atoms. The second-order valence-corrected chi connectivity index (χ2v) is 2.23. The van der Waals surface area contributed by atoms with E-state index in [0.29, 0.717) is 5.69 Å². The molecule has 10 heavy (non-hydrogen) atoms. The third-order valence-corrected chi connectivity index (χ3v) is 1.57. The van der Waals surface area contributed by atoms with Crippen LogP contribution in [0.4, 0.5) is 5.69 Å². The molecule has 2 aromatic heterocycles. The van der Waals surface area contributed by atoms with Gasteiger partial charge in [-0.1, -0.05) is 0 Å². The highest BCUT2D eigenvalue weighted by Gasteiger charge is 2.02. The molecule has 0 aliphatic rings. The number of nitrogens with one attached hydrogen (secondary N) is 1. The van der Waals surface area contributed by atoms with Crippen molar-refractivity contribution in [2.24, 2.45) is 0 Å². The molecule has 0 bridgehead atoms. The predicted molar refractivity (Wildman–Crippen MR) is 40.9 cm³/mol. The van der Waals surface area contributed by atoms with Crippen LogP contribution in [0, 0.1) is 0 Å². The molecule has 2 heterocycles. The van der Waals surface area contributed by atoms with Gasteiger partial charge in [0.25, 0.3) is 0 Å². The number of nitrogen functional groups attached to an aromatic ring is 2. The third kappa shape index (κ3) is 0.452. The van der Waals surface area contributed by atoms with Gasteiger partial charge in [-0.25, -0.2) is 0 Å². The van der Waals surface area contributed by atoms with E-state index in [1.54, 1.807) is 6.20 Å². The Kier molecular flexibility index (Phi) is 0.768. The first-order valence-corrected chi connectivity index (χ1v) is 2.98. The first kappa shape index (κ1) is 5.22. The summed E-state index contributed by atoms with van der Waals surface area (Å²) in [7, 11) is 0. The second-order valence-electron chi connectivity index (χ2n) is 2.23. The summed E-state index contributed by atoms with van der Waals surface area (Å²) in [4.78, 5) is 2.98. The maximum absolute atomic E-state index is 5.59. The highest BCUT2D eigenvalue weighted by molar-refractivity contribution is 5.88. The van der Waals surface area contributed by atoms with E-state index in [4.69, 9.17) is 11.6 Å². The van der Waals surface area contributed by atoms with Crippen molar-refractivity contribution in [2.45, 2.75) is 0 Å². The largest absolute Gasteiger partial charge is 0.396 e. The lowest BCUT2D eigenvalue weighted by Gasteiger charge is -1.86. The Morgan fingerprint density at radius 2 is 2.30 bits per heavy atom. The van der Waals surface area contributed by atoms with Crippen LogP contribution in [0.15, 0.2) is 18.5 Å². The Morgan fingerprint density at radius 1 is 1.50 bits per heavy atom. The molecule has 5 N–H and O–H groups in total. The predicted octanol–water partition coefficient (Wildman–Crippen LogP) is 0.265. The van der Waals surface area contributed by atoms with E-state index in [0.717, 1.165) is 11.0 Å². The fourth-order valence-electron chi connectivity index (χ4n) is 1.09. The van der Waals surface area contributed by atoms with Crippen molar-refractivity contribution >= 4 is 16.7 Å².